The Morgan fingerprint density at radius 1 is 1.40 bits per heavy atom. The first-order valence-corrected chi connectivity index (χ1v) is 7.17. The summed E-state index contributed by atoms with van der Waals surface area (Å²) in [5.41, 5.74) is 1.49. The summed E-state index contributed by atoms with van der Waals surface area (Å²) in [4.78, 5) is 2.43. The summed E-state index contributed by atoms with van der Waals surface area (Å²) in [5.74, 6) is 0. The first kappa shape index (κ1) is 15.1. The number of nitrogens with one attached hydrogen (secondary N) is 1. The molecule has 108 valence electrons. The largest absolute Gasteiger partial charge is 0.383 e. The molecule has 2 rings (SSSR count). The third kappa shape index (κ3) is 3.63. The van der Waals surface area contributed by atoms with Crippen molar-refractivity contribution in [2.24, 2.45) is 0 Å². The van der Waals surface area contributed by atoms with Gasteiger partial charge in [0.2, 0.25) is 0 Å². The van der Waals surface area contributed by atoms with E-state index in [0.717, 1.165) is 38.5 Å². The zero-order chi connectivity index (χ0) is 14.6. The van der Waals surface area contributed by atoms with Gasteiger partial charge >= 0.3 is 0 Å². The van der Waals surface area contributed by atoms with Crippen LogP contribution < -0.4 is 5.32 Å². The van der Waals surface area contributed by atoms with Crippen LogP contribution in [0.4, 0.5) is 5.69 Å². The topological polar surface area (TPSA) is 48.3 Å². The number of halogens is 1. The summed E-state index contributed by atoms with van der Waals surface area (Å²) < 4.78 is 5.39. The van der Waals surface area contributed by atoms with Gasteiger partial charge in [-0.25, -0.2) is 0 Å². The minimum Gasteiger partial charge on any atom is -0.383 e. The fourth-order valence-electron chi connectivity index (χ4n) is 2.31. The molecule has 1 aliphatic rings. The number of rotatable bonds is 4. The lowest BCUT2D eigenvalue weighted by Crippen LogP contribution is -2.53. The predicted molar refractivity (Wildman–Crippen MR) is 81.1 cm³/mol. The van der Waals surface area contributed by atoms with Gasteiger partial charge in [-0.15, -0.1) is 0 Å². The van der Waals surface area contributed by atoms with Crippen LogP contribution >= 0.6 is 11.6 Å². The summed E-state index contributed by atoms with van der Waals surface area (Å²) in [6, 6.07) is 7.50. The molecule has 1 saturated heterocycles. The Morgan fingerprint density at radius 2 is 2.10 bits per heavy atom. The molecule has 20 heavy (non-hydrogen) atoms. The van der Waals surface area contributed by atoms with Crippen molar-refractivity contribution >= 4 is 17.3 Å². The van der Waals surface area contributed by atoms with E-state index in [0.29, 0.717) is 10.6 Å². The van der Waals surface area contributed by atoms with Gasteiger partial charge in [-0.1, -0.05) is 11.6 Å². The molecule has 1 aromatic rings. The van der Waals surface area contributed by atoms with E-state index < -0.39 is 0 Å². The van der Waals surface area contributed by atoms with Crippen LogP contribution in [-0.2, 0) is 4.74 Å². The van der Waals surface area contributed by atoms with Crippen molar-refractivity contribution in [3.8, 4) is 6.07 Å². The van der Waals surface area contributed by atoms with Gasteiger partial charge in [0.25, 0.3) is 0 Å². The number of benzene rings is 1. The van der Waals surface area contributed by atoms with Crippen LogP contribution in [-0.4, -0.2) is 43.3 Å². The Morgan fingerprint density at radius 3 is 2.70 bits per heavy atom. The Labute approximate surface area is 125 Å². The highest BCUT2D eigenvalue weighted by molar-refractivity contribution is 6.32. The molecule has 0 radical (unpaired) electrons. The minimum atomic E-state index is 0.0458. The van der Waals surface area contributed by atoms with Crippen molar-refractivity contribution in [2.45, 2.75) is 19.4 Å². The van der Waals surface area contributed by atoms with E-state index in [1.54, 1.807) is 12.1 Å². The Kier molecular flexibility index (Phi) is 4.87. The highest BCUT2D eigenvalue weighted by Crippen LogP contribution is 2.22. The zero-order valence-corrected chi connectivity index (χ0v) is 12.7. The number of nitriles is 1. The van der Waals surface area contributed by atoms with Crippen LogP contribution in [0, 0.1) is 11.3 Å². The molecule has 0 spiro atoms. The minimum absolute atomic E-state index is 0.0458. The molecule has 0 saturated carbocycles. The molecule has 1 heterocycles. The Balaban J connectivity index is 1.97. The molecular weight excluding hydrogens is 274 g/mol. The summed E-state index contributed by atoms with van der Waals surface area (Å²) in [6.45, 7) is 8.77. The van der Waals surface area contributed by atoms with Crippen molar-refractivity contribution in [3.63, 3.8) is 0 Å². The van der Waals surface area contributed by atoms with Crippen LogP contribution in [0.3, 0.4) is 0 Å². The van der Waals surface area contributed by atoms with E-state index >= 15 is 0 Å². The van der Waals surface area contributed by atoms with Gasteiger partial charge in [-0.2, -0.15) is 5.26 Å². The monoisotopic (exact) mass is 293 g/mol. The van der Waals surface area contributed by atoms with Crippen LogP contribution in [0.5, 0.6) is 0 Å². The van der Waals surface area contributed by atoms with Crippen LogP contribution in [0.25, 0.3) is 0 Å². The van der Waals surface area contributed by atoms with Crippen molar-refractivity contribution in [1.82, 2.24) is 4.90 Å². The number of morpholine rings is 1. The maximum absolute atomic E-state index is 8.87. The Bertz CT molecular complexity index is 504. The second-order valence-corrected chi connectivity index (χ2v) is 5.98. The predicted octanol–water partition coefficient (Wildman–Crippen LogP) is 2.73. The second kappa shape index (κ2) is 6.45. The molecule has 0 aliphatic carbocycles. The summed E-state index contributed by atoms with van der Waals surface area (Å²) in [5, 5.41) is 12.8. The van der Waals surface area contributed by atoms with E-state index in [1.807, 2.05) is 6.07 Å². The third-order valence-electron chi connectivity index (χ3n) is 3.68. The number of anilines is 1. The second-order valence-electron chi connectivity index (χ2n) is 5.57. The third-order valence-corrected chi connectivity index (χ3v) is 3.99. The standard InChI is InChI=1S/C15H20ClN3O/c1-15(2,19-5-7-20-8-6-19)11-18-13-4-3-12(10-17)14(16)9-13/h3-4,9,18H,5-8,11H2,1-2H3. The average molecular weight is 294 g/mol. The van der Waals surface area contributed by atoms with Crippen LogP contribution in [0.15, 0.2) is 18.2 Å². The van der Waals surface area contributed by atoms with Crippen molar-refractivity contribution < 1.29 is 4.74 Å². The molecule has 0 amide bonds. The van der Waals surface area contributed by atoms with Crippen LogP contribution in [0.2, 0.25) is 5.02 Å². The molecule has 4 nitrogen and oxygen atoms in total. The quantitative estimate of drug-likeness (QED) is 0.927. The molecule has 1 aliphatic heterocycles. The fraction of sp³-hybridized carbons (Fsp3) is 0.533. The molecule has 0 atom stereocenters. The molecular formula is C15H20ClN3O. The van der Waals surface area contributed by atoms with Gasteiger partial charge in [-0.05, 0) is 32.0 Å². The van der Waals surface area contributed by atoms with Crippen molar-refractivity contribution in [3.05, 3.63) is 28.8 Å². The molecule has 1 aromatic carbocycles. The lowest BCUT2D eigenvalue weighted by molar-refractivity contribution is -0.00568. The first-order valence-electron chi connectivity index (χ1n) is 6.79. The molecule has 1 N–H and O–H groups in total. The first-order chi connectivity index (χ1) is 9.53. The SMILES string of the molecule is CC(C)(CNc1ccc(C#N)c(Cl)c1)N1CCOCC1. The van der Waals surface area contributed by atoms with Crippen LogP contribution in [0.1, 0.15) is 19.4 Å². The Hall–Kier alpha value is -1.28. The molecule has 0 bridgehead atoms. The van der Waals surface area contributed by atoms with E-state index in [2.05, 4.69) is 30.1 Å². The number of hydrogen-bond acceptors (Lipinski definition) is 4. The molecule has 5 heteroatoms. The zero-order valence-electron chi connectivity index (χ0n) is 11.9. The summed E-state index contributed by atoms with van der Waals surface area (Å²) >= 11 is 6.04. The van der Waals surface area contributed by atoms with E-state index in [4.69, 9.17) is 21.6 Å². The van der Waals surface area contributed by atoms with Gasteiger partial charge in [0.1, 0.15) is 6.07 Å². The van der Waals surface area contributed by atoms with Crippen molar-refractivity contribution in [2.75, 3.05) is 38.2 Å². The normalized spacial score (nSPS) is 16.7. The molecule has 1 fully saturated rings. The van der Waals surface area contributed by atoms with Crippen molar-refractivity contribution in [1.29, 1.82) is 5.26 Å². The average Bonchev–Trinajstić information content (AvgIpc) is 2.46. The fourth-order valence-corrected chi connectivity index (χ4v) is 2.54. The highest BCUT2D eigenvalue weighted by atomic mass is 35.5. The maximum atomic E-state index is 8.87. The highest BCUT2D eigenvalue weighted by Gasteiger charge is 2.27. The number of nitrogens with zero attached hydrogens (tertiary/aromatic N) is 2. The molecule has 0 aromatic heterocycles. The number of hydrogen-bond donors (Lipinski definition) is 1. The van der Waals surface area contributed by atoms with Gasteiger partial charge < -0.3 is 10.1 Å². The maximum Gasteiger partial charge on any atom is 0.101 e. The van der Waals surface area contributed by atoms with E-state index in [-0.39, 0.29) is 5.54 Å². The van der Waals surface area contributed by atoms with E-state index in [9.17, 15) is 0 Å². The lowest BCUT2D eigenvalue weighted by atomic mass is 10.0. The van der Waals surface area contributed by atoms with Gasteiger partial charge in [0.05, 0.1) is 23.8 Å². The molecule has 0 unspecified atom stereocenters. The van der Waals surface area contributed by atoms with E-state index in [1.165, 1.54) is 0 Å². The summed E-state index contributed by atoms with van der Waals surface area (Å²) in [7, 11) is 0. The van der Waals surface area contributed by atoms with Gasteiger partial charge in [0.15, 0.2) is 0 Å². The lowest BCUT2D eigenvalue weighted by Gasteiger charge is -2.41. The number of ether oxygens (including phenoxy) is 1. The smallest absolute Gasteiger partial charge is 0.101 e. The summed E-state index contributed by atoms with van der Waals surface area (Å²) in [6.07, 6.45) is 0. The van der Waals surface area contributed by atoms with Gasteiger partial charge in [-0.3, -0.25) is 4.90 Å². The van der Waals surface area contributed by atoms with Gasteiger partial charge in [0, 0.05) is 30.9 Å².